The molecule has 0 aromatic heterocycles. The summed E-state index contributed by atoms with van der Waals surface area (Å²) in [5.41, 5.74) is 0. The molecule has 0 saturated carbocycles. The molecule has 0 aromatic carbocycles. The Morgan fingerprint density at radius 2 is 1.71 bits per heavy atom. The van der Waals surface area contributed by atoms with Crippen molar-refractivity contribution in [2.45, 2.75) is 72.1 Å². The van der Waals surface area contributed by atoms with Crippen molar-refractivity contribution in [2.24, 2.45) is 0 Å². The third-order valence-electron chi connectivity index (χ3n) is 2.90. The van der Waals surface area contributed by atoms with E-state index in [9.17, 15) is 5.11 Å². The molecule has 0 fully saturated rings. The standard InChI is InChI=1S/C12H27NO/c1-6-9-12(14)11(7-2)13(8-3)10(4)5/h10-12,14H,6-9H2,1-5H3. The maximum Gasteiger partial charge on any atom is 0.0695 e. The van der Waals surface area contributed by atoms with Crippen LogP contribution in [0, 0.1) is 0 Å². The van der Waals surface area contributed by atoms with Crippen LogP contribution in [0.25, 0.3) is 0 Å². The van der Waals surface area contributed by atoms with Crippen LogP contribution in [0.15, 0.2) is 0 Å². The molecule has 2 atom stereocenters. The van der Waals surface area contributed by atoms with Crippen LogP contribution in [-0.2, 0) is 0 Å². The van der Waals surface area contributed by atoms with Gasteiger partial charge in [-0.2, -0.15) is 0 Å². The van der Waals surface area contributed by atoms with Crippen molar-refractivity contribution in [3.63, 3.8) is 0 Å². The zero-order chi connectivity index (χ0) is 11.1. The molecule has 0 aromatic rings. The van der Waals surface area contributed by atoms with Crippen LogP contribution in [0.1, 0.15) is 53.9 Å². The number of hydrogen-bond acceptors (Lipinski definition) is 2. The van der Waals surface area contributed by atoms with E-state index in [1.807, 2.05) is 0 Å². The molecule has 0 aliphatic carbocycles. The van der Waals surface area contributed by atoms with Crippen molar-refractivity contribution < 1.29 is 5.11 Å². The minimum Gasteiger partial charge on any atom is -0.391 e. The van der Waals surface area contributed by atoms with Gasteiger partial charge in [-0.05, 0) is 33.2 Å². The quantitative estimate of drug-likeness (QED) is 0.684. The average molecular weight is 201 g/mol. The van der Waals surface area contributed by atoms with E-state index in [4.69, 9.17) is 0 Å². The Kier molecular flexibility index (Phi) is 7.20. The lowest BCUT2D eigenvalue weighted by atomic mass is 10.0. The number of likely N-dealkylation sites (N-methyl/N-ethyl adjacent to an activating group) is 1. The summed E-state index contributed by atoms with van der Waals surface area (Å²) in [6.07, 6.45) is 2.86. The molecular weight excluding hydrogens is 174 g/mol. The van der Waals surface area contributed by atoms with Crippen LogP contribution >= 0.6 is 0 Å². The van der Waals surface area contributed by atoms with Crippen molar-refractivity contribution in [2.75, 3.05) is 6.54 Å². The second kappa shape index (κ2) is 7.24. The molecule has 0 spiro atoms. The Morgan fingerprint density at radius 3 is 2.00 bits per heavy atom. The number of aliphatic hydroxyl groups is 1. The first-order valence-electron chi connectivity index (χ1n) is 6.02. The van der Waals surface area contributed by atoms with E-state index in [-0.39, 0.29) is 6.10 Å². The van der Waals surface area contributed by atoms with Crippen LogP contribution in [0.3, 0.4) is 0 Å². The van der Waals surface area contributed by atoms with Gasteiger partial charge in [-0.1, -0.05) is 27.2 Å². The molecule has 0 aliphatic rings. The third-order valence-corrected chi connectivity index (χ3v) is 2.90. The van der Waals surface area contributed by atoms with Crippen LogP contribution in [0.2, 0.25) is 0 Å². The molecule has 86 valence electrons. The van der Waals surface area contributed by atoms with Crippen LogP contribution < -0.4 is 0 Å². The fraction of sp³-hybridized carbons (Fsp3) is 1.00. The highest BCUT2D eigenvalue weighted by molar-refractivity contribution is 4.79. The molecule has 0 saturated heterocycles. The second-order valence-corrected chi connectivity index (χ2v) is 4.26. The summed E-state index contributed by atoms with van der Waals surface area (Å²) >= 11 is 0. The Balaban J connectivity index is 4.34. The van der Waals surface area contributed by atoms with E-state index in [1.54, 1.807) is 0 Å². The van der Waals surface area contributed by atoms with E-state index in [1.165, 1.54) is 0 Å². The molecule has 0 heterocycles. The molecule has 2 heteroatoms. The molecular formula is C12H27NO. The van der Waals surface area contributed by atoms with E-state index in [0.29, 0.717) is 12.1 Å². The Hall–Kier alpha value is -0.0800. The second-order valence-electron chi connectivity index (χ2n) is 4.26. The van der Waals surface area contributed by atoms with Gasteiger partial charge in [0.1, 0.15) is 0 Å². The number of aliphatic hydroxyl groups excluding tert-OH is 1. The molecule has 0 aliphatic heterocycles. The SMILES string of the molecule is CCCC(O)C(CC)N(CC)C(C)C. The maximum absolute atomic E-state index is 10.0. The predicted octanol–water partition coefficient (Wildman–Crippen LogP) is 2.66. The van der Waals surface area contributed by atoms with Gasteiger partial charge >= 0.3 is 0 Å². The first kappa shape index (κ1) is 13.9. The Labute approximate surface area is 89.3 Å². The Bertz CT molecular complexity index is 136. The maximum atomic E-state index is 10.0. The van der Waals surface area contributed by atoms with Crippen molar-refractivity contribution >= 4 is 0 Å². The smallest absolute Gasteiger partial charge is 0.0695 e. The normalized spacial score (nSPS) is 16.3. The van der Waals surface area contributed by atoms with Gasteiger partial charge in [0.2, 0.25) is 0 Å². The number of hydrogen-bond donors (Lipinski definition) is 1. The van der Waals surface area contributed by atoms with E-state index >= 15 is 0 Å². The molecule has 14 heavy (non-hydrogen) atoms. The van der Waals surface area contributed by atoms with Gasteiger partial charge in [0, 0.05) is 12.1 Å². The first-order valence-corrected chi connectivity index (χ1v) is 6.02. The summed E-state index contributed by atoms with van der Waals surface area (Å²) in [7, 11) is 0. The predicted molar refractivity (Wildman–Crippen MR) is 62.5 cm³/mol. The Morgan fingerprint density at radius 1 is 1.14 bits per heavy atom. The molecule has 0 radical (unpaired) electrons. The van der Waals surface area contributed by atoms with Gasteiger partial charge in [0.25, 0.3) is 0 Å². The number of rotatable bonds is 7. The summed E-state index contributed by atoms with van der Waals surface area (Å²) < 4.78 is 0. The van der Waals surface area contributed by atoms with Gasteiger partial charge in [-0.15, -0.1) is 0 Å². The lowest BCUT2D eigenvalue weighted by Crippen LogP contribution is -2.46. The zero-order valence-corrected chi connectivity index (χ0v) is 10.5. The van der Waals surface area contributed by atoms with Gasteiger partial charge in [-0.25, -0.2) is 0 Å². The topological polar surface area (TPSA) is 23.5 Å². The summed E-state index contributed by atoms with van der Waals surface area (Å²) in [6.45, 7) is 11.9. The van der Waals surface area contributed by atoms with Crippen LogP contribution in [-0.4, -0.2) is 34.7 Å². The fourth-order valence-corrected chi connectivity index (χ4v) is 2.20. The monoisotopic (exact) mass is 201 g/mol. The lowest BCUT2D eigenvalue weighted by Gasteiger charge is -2.36. The molecule has 0 amide bonds. The minimum atomic E-state index is -0.160. The highest BCUT2D eigenvalue weighted by atomic mass is 16.3. The summed E-state index contributed by atoms with van der Waals surface area (Å²) in [5, 5.41) is 10.0. The van der Waals surface area contributed by atoms with Crippen LogP contribution in [0.4, 0.5) is 0 Å². The average Bonchev–Trinajstić information content (AvgIpc) is 2.13. The zero-order valence-electron chi connectivity index (χ0n) is 10.5. The van der Waals surface area contributed by atoms with Crippen LogP contribution in [0.5, 0.6) is 0 Å². The largest absolute Gasteiger partial charge is 0.391 e. The van der Waals surface area contributed by atoms with Gasteiger partial charge in [-0.3, -0.25) is 4.90 Å². The molecule has 1 N–H and O–H groups in total. The van der Waals surface area contributed by atoms with E-state index < -0.39 is 0 Å². The molecule has 2 unspecified atom stereocenters. The van der Waals surface area contributed by atoms with E-state index in [0.717, 1.165) is 25.8 Å². The highest BCUT2D eigenvalue weighted by Gasteiger charge is 2.24. The van der Waals surface area contributed by atoms with Crippen molar-refractivity contribution in [3.8, 4) is 0 Å². The van der Waals surface area contributed by atoms with Crippen molar-refractivity contribution in [3.05, 3.63) is 0 Å². The highest BCUT2D eigenvalue weighted by Crippen LogP contribution is 2.15. The minimum absolute atomic E-state index is 0.160. The van der Waals surface area contributed by atoms with Gasteiger partial charge < -0.3 is 5.11 Å². The summed E-state index contributed by atoms with van der Waals surface area (Å²) in [4.78, 5) is 2.39. The van der Waals surface area contributed by atoms with Gasteiger partial charge in [0.05, 0.1) is 6.10 Å². The number of nitrogens with zero attached hydrogens (tertiary/aromatic N) is 1. The molecule has 0 bridgehead atoms. The summed E-state index contributed by atoms with van der Waals surface area (Å²) in [6, 6.07) is 0.858. The van der Waals surface area contributed by atoms with Gasteiger partial charge in [0.15, 0.2) is 0 Å². The fourth-order valence-electron chi connectivity index (χ4n) is 2.20. The van der Waals surface area contributed by atoms with E-state index in [2.05, 4.69) is 39.5 Å². The summed E-state index contributed by atoms with van der Waals surface area (Å²) in [5.74, 6) is 0. The van der Waals surface area contributed by atoms with Crippen molar-refractivity contribution in [1.29, 1.82) is 0 Å². The molecule has 0 rings (SSSR count). The first-order chi connectivity index (χ1) is 6.58. The van der Waals surface area contributed by atoms with Crippen molar-refractivity contribution in [1.82, 2.24) is 4.90 Å². The lowest BCUT2D eigenvalue weighted by molar-refractivity contribution is 0.0273. The third kappa shape index (κ3) is 3.97. The molecule has 2 nitrogen and oxygen atoms in total.